The number of aromatic nitrogens is 5. The minimum atomic E-state index is -0.123. The molecule has 59 heavy (non-hydrogen) atoms. The van der Waals surface area contributed by atoms with Crippen LogP contribution in [0.15, 0.2) is 182 Å². The first kappa shape index (κ1) is 33.7. The van der Waals surface area contributed by atoms with Crippen molar-refractivity contribution in [1.29, 1.82) is 0 Å². The van der Waals surface area contributed by atoms with Gasteiger partial charge in [-0.2, -0.15) is 0 Å². The van der Waals surface area contributed by atoms with Crippen molar-refractivity contribution in [2.45, 2.75) is 31.6 Å². The maximum absolute atomic E-state index is 5.41. The fourth-order valence-electron chi connectivity index (χ4n) is 9.91. The van der Waals surface area contributed by atoms with Gasteiger partial charge in [0.1, 0.15) is 5.82 Å². The van der Waals surface area contributed by atoms with Gasteiger partial charge < -0.3 is 9.13 Å². The number of allylic oxidation sites excluding steroid dienone is 4. The molecule has 0 radical (unpaired) electrons. The highest BCUT2D eigenvalue weighted by Crippen LogP contribution is 2.51. The quantitative estimate of drug-likeness (QED) is 0.176. The van der Waals surface area contributed by atoms with Crippen LogP contribution in [0.25, 0.3) is 88.9 Å². The van der Waals surface area contributed by atoms with E-state index in [9.17, 15) is 0 Å². The van der Waals surface area contributed by atoms with Crippen LogP contribution in [0.3, 0.4) is 0 Å². The van der Waals surface area contributed by atoms with Gasteiger partial charge in [0.25, 0.3) is 0 Å². The number of para-hydroxylation sites is 3. The van der Waals surface area contributed by atoms with Gasteiger partial charge in [0, 0.05) is 49.5 Å². The van der Waals surface area contributed by atoms with E-state index in [0.29, 0.717) is 11.6 Å². The van der Waals surface area contributed by atoms with Gasteiger partial charge in [-0.15, -0.1) is 0 Å². The highest BCUT2D eigenvalue weighted by atomic mass is 15.1. The summed E-state index contributed by atoms with van der Waals surface area (Å²) in [5, 5.41) is 4.96. The monoisotopic (exact) mass is 757 g/mol. The van der Waals surface area contributed by atoms with Crippen molar-refractivity contribution >= 4 is 49.3 Å². The van der Waals surface area contributed by atoms with Crippen molar-refractivity contribution in [3.63, 3.8) is 0 Å². The SMILES string of the molecule is CC1(C)c2ccccc2-c2cc3c4ccccc4n(C4=CC=CCC4c4nc(-c5ccccc5)nc(-c5cccc(-n6c7ccccc7c7ccccc76)c5)n4)c3cc21. The molecule has 0 amide bonds. The van der Waals surface area contributed by atoms with Gasteiger partial charge in [0.2, 0.25) is 0 Å². The molecule has 5 heteroatoms. The Hall–Kier alpha value is -7.37. The molecule has 0 saturated carbocycles. The molecule has 7 aromatic carbocycles. The van der Waals surface area contributed by atoms with E-state index in [4.69, 9.17) is 15.0 Å². The third-order valence-corrected chi connectivity index (χ3v) is 12.7. The van der Waals surface area contributed by atoms with E-state index in [1.807, 2.05) is 18.2 Å². The van der Waals surface area contributed by atoms with Gasteiger partial charge in [0.15, 0.2) is 11.6 Å². The predicted octanol–water partition coefficient (Wildman–Crippen LogP) is 13.3. The minimum absolute atomic E-state index is 0.122. The molecule has 0 aliphatic heterocycles. The largest absolute Gasteiger partial charge is 0.312 e. The lowest BCUT2D eigenvalue weighted by Gasteiger charge is -2.25. The molecule has 12 rings (SSSR count). The molecule has 0 N–H and O–H groups in total. The molecule has 5 nitrogen and oxygen atoms in total. The number of hydrogen-bond donors (Lipinski definition) is 0. The van der Waals surface area contributed by atoms with E-state index in [1.54, 1.807) is 0 Å². The summed E-state index contributed by atoms with van der Waals surface area (Å²) in [6, 6.07) is 58.8. The molecular weight excluding hydrogens is 719 g/mol. The van der Waals surface area contributed by atoms with E-state index in [2.05, 4.69) is 187 Å². The van der Waals surface area contributed by atoms with Crippen LogP contribution >= 0.6 is 0 Å². The summed E-state index contributed by atoms with van der Waals surface area (Å²) in [5.74, 6) is 1.96. The third-order valence-electron chi connectivity index (χ3n) is 12.7. The lowest BCUT2D eigenvalue weighted by Crippen LogP contribution is -2.16. The van der Waals surface area contributed by atoms with Gasteiger partial charge in [-0.05, 0) is 77.2 Å². The van der Waals surface area contributed by atoms with Crippen LogP contribution in [0.5, 0.6) is 0 Å². The third kappa shape index (κ3) is 5.07. The topological polar surface area (TPSA) is 48.5 Å². The Labute approximate surface area is 342 Å². The molecule has 0 spiro atoms. The van der Waals surface area contributed by atoms with E-state index in [-0.39, 0.29) is 11.3 Å². The Morgan fingerprint density at radius 1 is 0.492 bits per heavy atom. The molecule has 0 saturated heterocycles. The Balaban J connectivity index is 1.05. The average molecular weight is 758 g/mol. The van der Waals surface area contributed by atoms with E-state index in [0.717, 1.165) is 34.8 Å². The van der Waals surface area contributed by atoms with Gasteiger partial charge in [-0.3, -0.25) is 0 Å². The summed E-state index contributed by atoms with van der Waals surface area (Å²) in [5.41, 5.74) is 14.1. The van der Waals surface area contributed by atoms with Crippen LogP contribution in [0, 0.1) is 0 Å². The first-order valence-corrected chi connectivity index (χ1v) is 20.5. The molecule has 3 heterocycles. The average Bonchev–Trinajstić information content (AvgIpc) is 3.89. The Kier molecular flexibility index (Phi) is 7.33. The van der Waals surface area contributed by atoms with Gasteiger partial charge >= 0.3 is 0 Å². The second-order valence-corrected chi connectivity index (χ2v) is 16.4. The second-order valence-electron chi connectivity index (χ2n) is 16.4. The first-order chi connectivity index (χ1) is 29.0. The van der Waals surface area contributed by atoms with Gasteiger partial charge in [-0.25, -0.2) is 15.0 Å². The number of rotatable bonds is 5. The lowest BCUT2D eigenvalue weighted by atomic mass is 9.82. The Morgan fingerprint density at radius 3 is 1.85 bits per heavy atom. The van der Waals surface area contributed by atoms with E-state index < -0.39 is 0 Å². The van der Waals surface area contributed by atoms with Crippen LogP contribution in [-0.2, 0) is 5.41 Å². The van der Waals surface area contributed by atoms with E-state index in [1.165, 1.54) is 65.9 Å². The molecule has 2 aliphatic rings. The van der Waals surface area contributed by atoms with Gasteiger partial charge in [-0.1, -0.05) is 147 Å². The van der Waals surface area contributed by atoms with Crippen LogP contribution < -0.4 is 0 Å². The van der Waals surface area contributed by atoms with Crippen LogP contribution in [0.1, 0.15) is 43.1 Å². The molecule has 3 aromatic heterocycles. The lowest BCUT2D eigenvalue weighted by molar-refractivity contribution is 0.661. The summed E-state index contributed by atoms with van der Waals surface area (Å²) in [7, 11) is 0. The maximum Gasteiger partial charge on any atom is 0.163 e. The van der Waals surface area contributed by atoms with Crippen LogP contribution in [0.4, 0.5) is 0 Å². The predicted molar refractivity (Wildman–Crippen MR) is 243 cm³/mol. The molecule has 1 atom stereocenters. The molecule has 2 aliphatic carbocycles. The summed E-state index contributed by atoms with van der Waals surface area (Å²) >= 11 is 0. The highest BCUT2D eigenvalue weighted by molar-refractivity contribution is 6.13. The standard InChI is InChI=1S/C54H39N5/c1-54(2)44-26-11-6-21-37(44)42-32-43-40-24-9-14-29-48(40)59(50(43)33-45(42)54)49-30-15-10-25-41(49)53-56-51(34-17-4-3-5-18-34)55-52(57-53)35-19-16-20-36(31-35)58-46-27-12-7-22-38(46)39-23-8-13-28-47(39)58/h3-24,26-33,41H,25H2,1-2H3. The second kappa shape index (κ2) is 12.8. The van der Waals surface area contributed by atoms with Crippen LogP contribution in [-0.4, -0.2) is 24.1 Å². The smallest absolute Gasteiger partial charge is 0.163 e. The minimum Gasteiger partial charge on any atom is -0.312 e. The zero-order valence-electron chi connectivity index (χ0n) is 32.8. The zero-order valence-corrected chi connectivity index (χ0v) is 32.8. The highest BCUT2D eigenvalue weighted by Gasteiger charge is 2.37. The number of nitrogens with zero attached hydrogens (tertiary/aromatic N) is 5. The fourth-order valence-corrected chi connectivity index (χ4v) is 9.91. The zero-order chi connectivity index (χ0) is 39.2. The number of benzene rings is 7. The summed E-state index contributed by atoms with van der Waals surface area (Å²) in [4.78, 5) is 15.9. The maximum atomic E-state index is 5.41. The molecule has 0 fully saturated rings. The molecule has 280 valence electrons. The van der Waals surface area contributed by atoms with Crippen molar-refractivity contribution in [2.24, 2.45) is 0 Å². The molecule has 10 aromatic rings. The van der Waals surface area contributed by atoms with Crippen molar-refractivity contribution < 1.29 is 0 Å². The van der Waals surface area contributed by atoms with Crippen molar-refractivity contribution in [2.75, 3.05) is 0 Å². The van der Waals surface area contributed by atoms with Crippen LogP contribution in [0.2, 0.25) is 0 Å². The molecule has 1 unspecified atom stereocenters. The number of hydrogen-bond acceptors (Lipinski definition) is 3. The Bertz CT molecular complexity index is 3340. The normalized spacial score (nSPS) is 15.6. The van der Waals surface area contributed by atoms with Crippen molar-refractivity contribution in [3.8, 4) is 39.6 Å². The summed E-state index contributed by atoms with van der Waals surface area (Å²) < 4.78 is 4.83. The molecular formula is C54H39N5. The van der Waals surface area contributed by atoms with Crippen molar-refractivity contribution in [1.82, 2.24) is 24.1 Å². The Morgan fingerprint density at radius 2 is 1.10 bits per heavy atom. The summed E-state index contributed by atoms with van der Waals surface area (Å²) in [6.45, 7) is 4.71. The van der Waals surface area contributed by atoms with Crippen molar-refractivity contribution in [3.05, 3.63) is 199 Å². The number of fused-ring (bicyclic) bond motifs is 9. The van der Waals surface area contributed by atoms with Gasteiger partial charge in [0.05, 0.1) is 28.0 Å². The van der Waals surface area contributed by atoms with E-state index >= 15 is 0 Å². The summed E-state index contributed by atoms with van der Waals surface area (Å²) in [6.07, 6.45) is 7.46. The molecule has 0 bridgehead atoms. The fraction of sp³-hybridized carbons (Fsp3) is 0.0926. The first-order valence-electron chi connectivity index (χ1n) is 20.5.